The standard InChI is InChI=1S/C17H15F3N4O2/c1-26-11-4-5-12-13(7-11)14(22-17(18,19)20)8-15(12)23-24-16(25)10-3-2-6-21-9-10/h2-7,9,14,22H,8H2,1H3,(H,24,25)/b23-15+. The summed E-state index contributed by atoms with van der Waals surface area (Å²) in [7, 11) is 1.44. The number of carbonyl (C=O) groups excluding carboxylic acids is 1. The summed E-state index contributed by atoms with van der Waals surface area (Å²) in [5.74, 6) is -0.0498. The van der Waals surface area contributed by atoms with Crippen LogP contribution in [0.15, 0.2) is 47.8 Å². The summed E-state index contributed by atoms with van der Waals surface area (Å²) in [5, 5.41) is 5.63. The number of rotatable bonds is 4. The normalized spacial score (nSPS) is 17.8. The summed E-state index contributed by atoms with van der Waals surface area (Å²) in [6.45, 7) is 0. The van der Waals surface area contributed by atoms with E-state index in [-0.39, 0.29) is 6.42 Å². The first-order chi connectivity index (χ1) is 12.4. The fourth-order valence-electron chi connectivity index (χ4n) is 2.74. The van der Waals surface area contributed by atoms with Crippen LogP contribution in [-0.4, -0.2) is 30.0 Å². The number of halogens is 3. The number of carbonyl (C=O) groups is 1. The Hall–Kier alpha value is -2.94. The number of hydrazone groups is 1. The lowest BCUT2D eigenvalue weighted by molar-refractivity contribution is -0.164. The van der Waals surface area contributed by atoms with Crippen molar-refractivity contribution < 1.29 is 22.7 Å². The van der Waals surface area contributed by atoms with Crippen molar-refractivity contribution in [1.82, 2.24) is 15.7 Å². The maximum absolute atomic E-state index is 12.8. The molecule has 0 fully saturated rings. The van der Waals surface area contributed by atoms with Gasteiger partial charge in [-0.05, 0) is 35.9 Å². The molecule has 1 aliphatic carbocycles. The van der Waals surface area contributed by atoms with E-state index < -0.39 is 18.2 Å². The maximum Gasteiger partial charge on any atom is 0.457 e. The molecule has 2 aromatic rings. The Labute approximate surface area is 147 Å². The Bertz CT molecular complexity index is 838. The minimum Gasteiger partial charge on any atom is -0.497 e. The van der Waals surface area contributed by atoms with Crippen molar-refractivity contribution in [1.29, 1.82) is 0 Å². The molecule has 0 saturated heterocycles. The van der Waals surface area contributed by atoms with Crippen LogP contribution in [0.4, 0.5) is 13.2 Å². The van der Waals surface area contributed by atoms with Crippen LogP contribution < -0.4 is 15.5 Å². The SMILES string of the molecule is COc1ccc2c(c1)C(NC(F)(F)F)C/C2=N\NC(=O)c1cccnc1. The minimum absolute atomic E-state index is 0.0185. The molecule has 1 aromatic carbocycles. The quantitative estimate of drug-likeness (QED) is 0.646. The first kappa shape index (κ1) is 17.9. The number of hydrogen-bond donors (Lipinski definition) is 2. The van der Waals surface area contributed by atoms with Crippen molar-refractivity contribution in [3.63, 3.8) is 0 Å². The second-order valence-corrected chi connectivity index (χ2v) is 5.59. The molecule has 6 nitrogen and oxygen atoms in total. The molecule has 0 bridgehead atoms. The molecule has 2 N–H and O–H groups in total. The summed E-state index contributed by atoms with van der Waals surface area (Å²) in [6, 6.07) is 6.94. The Kier molecular flexibility index (Phi) is 4.90. The topological polar surface area (TPSA) is 75.6 Å². The smallest absolute Gasteiger partial charge is 0.457 e. The van der Waals surface area contributed by atoms with Crippen LogP contribution in [0.3, 0.4) is 0 Å². The summed E-state index contributed by atoms with van der Waals surface area (Å²) in [5.41, 5.74) is 3.95. The highest BCUT2D eigenvalue weighted by molar-refractivity contribution is 6.06. The van der Waals surface area contributed by atoms with E-state index in [0.29, 0.717) is 28.2 Å². The lowest BCUT2D eigenvalue weighted by atomic mass is 10.1. The molecular formula is C17H15F3N4O2. The Morgan fingerprint density at radius 2 is 2.15 bits per heavy atom. The van der Waals surface area contributed by atoms with E-state index in [1.54, 1.807) is 29.6 Å². The highest BCUT2D eigenvalue weighted by Gasteiger charge is 2.37. The molecule has 1 aliphatic rings. The van der Waals surface area contributed by atoms with E-state index in [1.807, 2.05) is 0 Å². The summed E-state index contributed by atoms with van der Waals surface area (Å²) in [4.78, 5) is 15.9. The predicted octanol–water partition coefficient (Wildman–Crippen LogP) is 2.78. The molecule has 26 heavy (non-hydrogen) atoms. The van der Waals surface area contributed by atoms with Gasteiger partial charge in [0, 0.05) is 30.4 Å². The van der Waals surface area contributed by atoms with E-state index in [1.165, 1.54) is 25.6 Å². The predicted molar refractivity (Wildman–Crippen MR) is 87.8 cm³/mol. The molecule has 1 aromatic heterocycles. The first-order valence-corrected chi connectivity index (χ1v) is 7.67. The van der Waals surface area contributed by atoms with Gasteiger partial charge in [0.25, 0.3) is 5.91 Å². The van der Waals surface area contributed by atoms with Gasteiger partial charge in [-0.2, -0.15) is 18.3 Å². The van der Waals surface area contributed by atoms with Crippen molar-refractivity contribution >= 4 is 11.6 Å². The number of pyridine rings is 1. The zero-order valence-corrected chi connectivity index (χ0v) is 13.7. The van der Waals surface area contributed by atoms with Gasteiger partial charge in [0.1, 0.15) is 5.75 Å². The summed E-state index contributed by atoms with van der Waals surface area (Å²) in [6.07, 6.45) is -1.66. The number of amides is 1. The average Bonchev–Trinajstić information content (AvgIpc) is 2.95. The number of fused-ring (bicyclic) bond motifs is 1. The third-order valence-corrected chi connectivity index (χ3v) is 3.90. The lowest BCUT2D eigenvalue weighted by Gasteiger charge is -2.16. The van der Waals surface area contributed by atoms with Crippen LogP contribution in [-0.2, 0) is 0 Å². The van der Waals surface area contributed by atoms with Crippen LogP contribution in [0.25, 0.3) is 0 Å². The molecular weight excluding hydrogens is 349 g/mol. The highest BCUT2D eigenvalue weighted by Crippen LogP contribution is 2.36. The van der Waals surface area contributed by atoms with Crippen molar-refractivity contribution in [2.75, 3.05) is 7.11 Å². The van der Waals surface area contributed by atoms with E-state index >= 15 is 0 Å². The molecule has 136 valence electrons. The van der Waals surface area contributed by atoms with E-state index in [2.05, 4.69) is 15.5 Å². The van der Waals surface area contributed by atoms with Gasteiger partial charge in [-0.15, -0.1) is 0 Å². The van der Waals surface area contributed by atoms with E-state index in [9.17, 15) is 18.0 Å². The highest BCUT2D eigenvalue weighted by atomic mass is 19.4. The van der Waals surface area contributed by atoms with Crippen LogP contribution in [0.1, 0.15) is 33.9 Å². The van der Waals surface area contributed by atoms with Gasteiger partial charge in [-0.3, -0.25) is 9.78 Å². The second-order valence-electron chi connectivity index (χ2n) is 5.59. The molecule has 1 amide bonds. The number of methoxy groups -OCH3 is 1. The third-order valence-electron chi connectivity index (χ3n) is 3.90. The summed E-state index contributed by atoms with van der Waals surface area (Å²) >= 11 is 0. The van der Waals surface area contributed by atoms with Gasteiger partial charge in [0.05, 0.1) is 18.4 Å². The second kappa shape index (κ2) is 7.12. The molecule has 3 rings (SSSR count). The number of nitrogens with one attached hydrogen (secondary N) is 2. The largest absolute Gasteiger partial charge is 0.497 e. The average molecular weight is 364 g/mol. The number of hydrogen-bond acceptors (Lipinski definition) is 5. The van der Waals surface area contributed by atoms with Crippen LogP contribution in [0, 0.1) is 0 Å². The van der Waals surface area contributed by atoms with Gasteiger partial charge < -0.3 is 4.74 Å². The molecule has 1 atom stereocenters. The lowest BCUT2D eigenvalue weighted by Crippen LogP contribution is -2.34. The zero-order chi connectivity index (χ0) is 18.7. The number of benzene rings is 1. The number of alkyl halides is 3. The molecule has 0 radical (unpaired) electrons. The van der Waals surface area contributed by atoms with Gasteiger partial charge in [-0.1, -0.05) is 0 Å². The number of aromatic nitrogens is 1. The zero-order valence-electron chi connectivity index (χ0n) is 13.7. The molecule has 0 spiro atoms. The molecule has 0 saturated carbocycles. The summed E-state index contributed by atoms with van der Waals surface area (Å²) < 4.78 is 43.4. The molecule has 1 heterocycles. The maximum atomic E-state index is 12.8. The van der Waals surface area contributed by atoms with Crippen LogP contribution >= 0.6 is 0 Å². The minimum atomic E-state index is -4.54. The van der Waals surface area contributed by atoms with Crippen molar-refractivity contribution in [2.24, 2.45) is 5.10 Å². The van der Waals surface area contributed by atoms with E-state index in [0.717, 1.165) is 0 Å². The first-order valence-electron chi connectivity index (χ1n) is 7.67. The van der Waals surface area contributed by atoms with Gasteiger partial charge in [0.2, 0.25) is 0 Å². The van der Waals surface area contributed by atoms with Crippen molar-refractivity contribution in [2.45, 2.75) is 18.8 Å². The van der Waals surface area contributed by atoms with Gasteiger partial charge >= 0.3 is 6.30 Å². The number of ether oxygens (including phenoxy) is 1. The van der Waals surface area contributed by atoms with Crippen LogP contribution in [0.5, 0.6) is 5.75 Å². The fraction of sp³-hybridized carbons (Fsp3) is 0.235. The third kappa shape index (κ3) is 3.99. The Balaban J connectivity index is 1.86. The van der Waals surface area contributed by atoms with Crippen molar-refractivity contribution in [3.8, 4) is 5.75 Å². The van der Waals surface area contributed by atoms with E-state index in [4.69, 9.17) is 4.74 Å². The Morgan fingerprint density at radius 3 is 2.81 bits per heavy atom. The Morgan fingerprint density at radius 1 is 1.35 bits per heavy atom. The monoisotopic (exact) mass is 364 g/mol. The fourth-order valence-corrected chi connectivity index (χ4v) is 2.74. The van der Waals surface area contributed by atoms with Crippen molar-refractivity contribution in [3.05, 3.63) is 59.4 Å². The van der Waals surface area contributed by atoms with Crippen LogP contribution in [0.2, 0.25) is 0 Å². The van der Waals surface area contributed by atoms with Gasteiger partial charge in [0.15, 0.2) is 0 Å². The van der Waals surface area contributed by atoms with Gasteiger partial charge in [-0.25, -0.2) is 10.7 Å². The molecule has 1 unspecified atom stereocenters. The number of nitrogens with zero attached hydrogens (tertiary/aromatic N) is 2. The molecule has 0 aliphatic heterocycles. The molecule has 9 heteroatoms.